The third kappa shape index (κ3) is 3.11. The Morgan fingerprint density at radius 2 is 2.10 bits per heavy atom. The van der Waals surface area contributed by atoms with E-state index in [0.717, 1.165) is 26.1 Å². The summed E-state index contributed by atoms with van der Waals surface area (Å²) >= 11 is 1.77. The van der Waals surface area contributed by atoms with Crippen LogP contribution in [-0.4, -0.2) is 17.7 Å². The van der Waals surface area contributed by atoms with Crippen molar-refractivity contribution in [2.45, 2.75) is 19.9 Å². The summed E-state index contributed by atoms with van der Waals surface area (Å²) in [7, 11) is 0. The summed E-state index contributed by atoms with van der Waals surface area (Å²) in [6, 6.07) is 11.0. The van der Waals surface area contributed by atoms with Crippen molar-refractivity contribution >= 4 is 22.2 Å². The zero-order valence-corrected chi connectivity index (χ0v) is 12.6. The van der Waals surface area contributed by atoms with Gasteiger partial charge in [-0.1, -0.05) is 12.1 Å². The average molecular weight is 284 g/mol. The van der Waals surface area contributed by atoms with E-state index >= 15 is 0 Å². The van der Waals surface area contributed by atoms with E-state index in [0.29, 0.717) is 0 Å². The summed E-state index contributed by atoms with van der Waals surface area (Å²) in [5, 5.41) is 9.22. The number of hydrogen-bond donors (Lipinski definition) is 1. The average Bonchev–Trinajstić information content (AvgIpc) is 3.08. The van der Waals surface area contributed by atoms with Crippen LogP contribution in [-0.2, 0) is 13.0 Å². The molecule has 0 saturated carbocycles. The van der Waals surface area contributed by atoms with Crippen molar-refractivity contribution in [3.63, 3.8) is 0 Å². The third-order valence-electron chi connectivity index (χ3n) is 3.63. The topological polar surface area (TPSA) is 17.0 Å². The highest BCUT2D eigenvalue weighted by Crippen LogP contribution is 2.17. The second-order valence-corrected chi connectivity index (χ2v) is 5.98. The van der Waals surface area contributed by atoms with E-state index in [9.17, 15) is 0 Å². The Labute approximate surface area is 124 Å². The van der Waals surface area contributed by atoms with Gasteiger partial charge in [0.25, 0.3) is 0 Å². The van der Waals surface area contributed by atoms with Gasteiger partial charge in [0.2, 0.25) is 0 Å². The van der Waals surface area contributed by atoms with Gasteiger partial charge in [0.15, 0.2) is 0 Å². The van der Waals surface area contributed by atoms with E-state index in [1.807, 2.05) is 0 Å². The number of rotatable bonds is 6. The Hall–Kier alpha value is -1.58. The summed E-state index contributed by atoms with van der Waals surface area (Å²) in [5.41, 5.74) is 4.09. The molecule has 2 heterocycles. The summed E-state index contributed by atoms with van der Waals surface area (Å²) in [6.07, 6.45) is 3.31. The highest BCUT2D eigenvalue weighted by atomic mass is 32.1. The molecular weight excluding hydrogens is 264 g/mol. The molecule has 20 heavy (non-hydrogen) atoms. The van der Waals surface area contributed by atoms with Crippen LogP contribution in [0.5, 0.6) is 0 Å². The minimum absolute atomic E-state index is 1.02. The normalized spacial score (nSPS) is 11.2. The van der Waals surface area contributed by atoms with Crippen LogP contribution in [0.25, 0.3) is 10.9 Å². The predicted octanol–water partition coefficient (Wildman–Crippen LogP) is 3.84. The number of nitrogens with zero attached hydrogens (tertiary/aromatic N) is 1. The molecular formula is C17H20N2S. The van der Waals surface area contributed by atoms with Crippen molar-refractivity contribution in [3.8, 4) is 0 Å². The smallest absolute Gasteiger partial charge is 0.0483 e. The van der Waals surface area contributed by atoms with Crippen molar-refractivity contribution in [1.82, 2.24) is 9.88 Å². The van der Waals surface area contributed by atoms with Gasteiger partial charge in [-0.15, -0.1) is 0 Å². The number of hydrogen-bond acceptors (Lipinski definition) is 2. The van der Waals surface area contributed by atoms with E-state index in [2.05, 4.69) is 64.1 Å². The molecule has 0 unspecified atom stereocenters. The summed E-state index contributed by atoms with van der Waals surface area (Å²) in [6.45, 7) is 5.24. The van der Waals surface area contributed by atoms with E-state index < -0.39 is 0 Å². The first-order valence-corrected chi connectivity index (χ1v) is 8.04. The Bertz CT molecular complexity index is 667. The fourth-order valence-corrected chi connectivity index (χ4v) is 3.18. The molecule has 2 nitrogen and oxygen atoms in total. The molecule has 0 spiro atoms. The maximum absolute atomic E-state index is 3.53. The second-order valence-electron chi connectivity index (χ2n) is 5.20. The highest BCUT2D eigenvalue weighted by molar-refractivity contribution is 7.07. The highest BCUT2D eigenvalue weighted by Gasteiger charge is 2.00. The first kappa shape index (κ1) is 13.4. The van der Waals surface area contributed by atoms with Crippen LogP contribution in [0.15, 0.2) is 47.3 Å². The fraction of sp³-hybridized carbons (Fsp3) is 0.294. The van der Waals surface area contributed by atoms with Crippen molar-refractivity contribution < 1.29 is 0 Å². The summed E-state index contributed by atoms with van der Waals surface area (Å²) < 4.78 is 2.33. The molecule has 1 aromatic carbocycles. The molecule has 3 aromatic rings. The first-order chi connectivity index (χ1) is 9.83. The zero-order chi connectivity index (χ0) is 13.8. The van der Waals surface area contributed by atoms with Gasteiger partial charge in [-0.3, -0.25) is 0 Å². The lowest BCUT2D eigenvalue weighted by molar-refractivity contribution is 0.610. The van der Waals surface area contributed by atoms with E-state index in [-0.39, 0.29) is 0 Å². The Morgan fingerprint density at radius 3 is 2.95 bits per heavy atom. The lowest BCUT2D eigenvalue weighted by atomic mass is 10.2. The number of benzene rings is 1. The van der Waals surface area contributed by atoms with Crippen LogP contribution in [0.1, 0.15) is 11.1 Å². The Balaban J connectivity index is 1.51. The maximum Gasteiger partial charge on any atom is 0.0483 e. The van der Waals surface area contributed by atoms with Gasteiger partial charge < -0.3 is 9.88 Å². The van der Waals surface area contributed by atoms with E-state index in [1.54, 1.807) is 11.3 Å². The molecule has 0 atom stereocenters. The van der Waals surface area contributed by atoms with Gasteiger partial charge in [0.1, 0.15) is 0 Å². The Kier molecular flexibility index (Phi) is 4.19. The molecule has 2 aromatic heterocycles. The SMILES string of the molecule is Cc1ccc2ccn(CCNCCc3ccsc3)c2c1. The minimum atomic E-state index is 1.02. The molecule has 0 saturated heterocycles. The second kappa shape index (κ2) is 6.25. The number of aryl methyl sites for hydroxylation is 1. The zero-order valence-electron chi connectivity index (χ0n) is 11.8. The molecule has 0 radical (unpaired) electrons. The minimum Gasteiger partial charge on any atom is -0.346 e. The number of nitrogens with one attached hydrogen (secondary N) is 1. The molecule has 0 aliphatic rings. The van der Waals surface area contributed by atoms with Crippen LogP contribution in [0.4, 0.5) is 0 Å². The van der Waals surface area contributed by atoms with Gasteiger partial charge in [0.05, 0.1) is 0 Å². The van der Waals surface area contributed by atoms with Gasteiger partial charge in [-0.2, -0.15) is 11.3 Å². The lowest BCUT2D eigenvalue weighted by Crippen LogP contribution is -2.22. The third-order valence-corrected chi connectivity index (χ3v) is 4.36. The van der Waals surface area contributed by atoms with Crippen LogP contribution < -0.4 is 5.32 Å². The van der Waals surface area contributed by atoms with Gasteiger partial charge in [0, 0.05) is 24.8 Å². The monoisotopic (exact) mass is 284 g/mol. The molecule has 104 valence electrons. The Morgan fingerprint density at radius 1 is 1.15 bits per heavy atom. The number of thiophene rings is 1. The van der Waals surface area contributed by atoms with Crippen LogP contribution in [0.3, 0.4) is 0 Å². The largest absolute Gasteiger partial charge is 0.346 e. The van der Waals surface area contributed by atoms with Crippen molar-refractivity contribution in [2.75, 3.05) is 13.1 Å². The molecule has 0 aliphatic heterocycles. The lowest BCUT2D eigenvalue weighted by Gasteiger charge is -2.07. The van der Waals surface area contributed by atoms with Crippen LogP contribution >= 0.6 is 11.3 Å². The molecule has 0 amide bonds. The van der Waals surface area contributed by atoms with Gasteiger partial charge in [-0.05, 0) is 65.4 Å². The number of aromatic nitrogens is 1. The van der Waals surface area contributed by atoms with Crippen molar-refractivity contribution in [3.05, 3.63) is 58.4 Å². The standard InChI is InChI=1S/C17H20N2S/c1-14-2-3-16-5-9-19(17(16)12-14)10-8-18-7-4-15-6-11-20-13-15/h2-3,5-6,9,11-13,18H,4,7-8,10H2,1H3. The molecule has 0 fully saturated rings. The fourth-order valence-electron chi connectivity index (χ4n) is 2.48. The molecule has 1 N–H and O–H groups in total. The van der Waals surface area contributed by atoms with Crippen molar-refractivity contribution in [2.24, 2.45) is 0 Å². The van der Waals surface area contributed by atoms with Gasteiger partial charge in [-0.25, -0.2) is 0 Å². The molecule has 3 heteroatoms. The quantitative estimate of drug-likeness (QED) is 0.680. The molecule has 3 rings (SSSR count). The predicted molar refractivity (Wildman–Crippen MR) is 87.6 cm³/mol. The molecule has 0 bridgehead atoms. The van der Waals surface area contributed by atoms with E-state index in [1.165, 1.54) is 22.0 Å². The van der Waals surface area contributed by atoms with E-state index in [4.69, 9.17) is 0 Å². The van der Waals surface area contributed by atoms with Crippen molar-refractivity contribution in [1.29, 1.82) is 0 Å². The number of fused-ring (bicyclic) bond motifs is 1. The first-order valence-electron chi connectivity index (χ1n) is 7.10. The summed E-state index contributed by atoms with van der Waals surface area (Å²) in [4.78, 5) is 0. The maximum atomic E-state index is 3.53. The van der Waals surface area contributed by atoms with Crippen LogP contribution in [0.2, 0.25) is 0 Å². The van der Waals surface area contributed by atoms with Crippen LogP contribution in [0, 0.1) is 6.92 Å². The van der Waals surface area contributed by atoms with Gasteiger partial charge >= 0.3 is 0 Å². The molecule has 0 aliphatic carbocycles. The summed E-state index contributed by atoms with van der Waals surface area (Å²) in [5.74, 6) is 0.